The molecule has 0 N–H and O–H groups in total. The third-order valence-electron chi connectivity index (χ3n) is 4.18. The first-order chi connectivity index (χ1) is 11.8. The quantitative estimate of drug-likeness (QED) is 0.756. The second-order valence-electron chi connectivity index (χ2n) is 6.04. The molecule has 0 bridgehead atoms. The summed E-state index contributed by atoms with van der Waals surface area (Å²) < 4.78 is 33.0. The van der Waals surface area contributed by atoms with E-state index in [1.165, 1.54) is 4.31 Å². The molecule has 3 rings (SSSR count). The number of aryl methyl sites for hydroxylation is 2. The van der Waals surface area contributed by atoms with E-state index in [4.69, 9.17) is 4.42 Å². The molecule has 0 spiro atoms. The van der Waals surface area contributed by atoms with E-state index < -0.39 is 10.0 Å². The van der Waals surface area contributed by atoms with Gasteiger partial charge in [0, 0.05) is 30.7 Å². The first-order valence-corrected chi connectivity index (χ1v) is 10.1. The number of carbonyl (C=O) groups is 1. The molecule has 25 heavy (non-hydrogen) atoms. The summed E-state index contributed by atoms with van der Waals surface area (Å²) in [4.78, 5) is 14.3. The van der Waals surface area contributed by atoms with E-state index in [0.717, 1.165) is 5.56 Å². The van der Waals surface area contributed by atoms with Crippen molar-refractivity contribution in [1.29, 1.82) is 0 Å². The number of halogens is 1. The zero-order chi connectivity index (χ0) is 18.2. The van der Waals surface area contributed by atoms with Crippen LogP contribution in [0.3, 0.4) is 0 Å². The van der Waals surface area contributed by atoms with Crippen molar-refractivity contribution in [2.75, 3.05) is 26.2 Å². The highest BCUT2D eigenvalue weighted by molar-refractivity contribution is 9.10. The van der Waals surface area contributed by atoms with Crippen molar-refractivity contribution >= 4 is 31.9 Å². The molecule has 2 heterocycles. The normalized spacial score (nSPS) is 16.2. The van der Waals surface area contributed by atoms with Gasteiger partial charge < -0.3 is 9.32 Å². The van der Waals surface area contributed by atoms with Gasteiger partial charge in [0.2, 0.25) is 10.0 Å². The number of rotatable bonds is 3. The molecular weight excluding hydrogens is 408 g/mol. The Morgan fingerprint density at radius 1 is 1.08 bits per heavy atom. The van der Waals surface area contributed by atoms with Crippen molar-refractivity contribution in [2.45, 2.75) is 18.7 Å². The zero-order valence-corrected chi connectivity index (χ0v) is 16.4. The number of furan rings is 1. The first-order valence-electron chi connectivity index (χ1n) is 7.91. The number of sulfonamides is 1. The van der Waals surface area contributed by atoms with Crippen molar-refractivity contribution in [3.63, 3.8) is 0 Å². The molecule has 1 saturated heterocycles. The van der Waals surface area contributed by atoms with Crippen molar-refractivity contribution in [2.24, 2.45) is 0 Å². The first kappa shape index (κ1) is 18.2. The van der Waals surface area contributed by atoms with Gasteiger partial charge in [-0.1, -0.05) is 6.07 Å². The molecular formula is C17H19BrN2O4S. The number of benzene rings is 1. The van der Waals surface area contributed by atoms with E-state index >= 15 is 0 Å². The standard InChI is InChI=1S/C17H19BrN2O4S/c1-12-3-6-16(14(18)11-12)25(22,23)20-9-7-19(8-10-20)17(21)15-5-4-13(2)24-15/h3-6,11H,7-10H2,1-2H3. The summed E-state index contributed by atoms with van der Waals surface area (Å²) in [6.45, 7) is 4.87. The lowest BCUT2D eigenvalue weighted by Crippen LogP contribution is -2.50. The maximum Gasteiger partial charge on any atom is 0.289 e. The van der Waals surface area contributed by atoms with Gasteiger partial charge in [0.1, 0.15) is 5.76 Å². The third-order valence-corrected chi connectivity index (χ3v) is 7.06. The molecule has 0 atom stereocenters. The van der Waals surface area contributed by atoms with Crippen molar-refractivity contribution in [1.82, 2.24) is 9.21 Å². The molecule has 134 valence electrons. The molecule has 1 aromatic carbocycles. The summed E-state index contributed by atoms with van der Waals surface area (Å²) in [6, 6.07) is 8.55. The lowest BCUT2D eigenvalue weighted by molar-refractivity contribution is 0.0664. The van der Waals surface area contributed by atoms with Crippen LogP contribution in [0.1, 0.15) is 21.9 Å². The highest BCUT2D eigenvalue weighted by atomic mass is 79.9. The van der Waals surface area contributed by atoms with Crippen LogP contribution < -0.4 is 0 Å². The van der Waals surface area contributed by atoms with Crippen molar-refractivity contribution in [3.05, 3.63) is 51.9 Å². The molecule has 0 saturated carbocycles. The summed E-state index contributed by atoms with van der Waals surface area (Å²) in [5, 5.41) is 0. The Bertz CT molecular complexity index is 899. The highest BCUT2D eigenvalue weighted by Crippen LogP contribution is 2.27. The fourth-order valence-electron chi connectivity index (χ4n) is 2.79. The van der Waals surface area contributed by atoms with Gasteiger partial charge in [0.25, 0.3) is 5.91 Å². The van der Waals surface area contributed by atoms with E-state index in [9.17, 15) is 13.2 Å². The maximum atomic E-state index is 12.8. The summed E-state index contributed by atoms with van der Waals surface area (Å²) in [6.07, 6.45) is 0. The van der Waals surface area contributed by atoms with Crippen LogP contribution in [0.5, 0.6) is 0 Å². The zero-order valence-electron chi connectivity index (χ0n) is 14.0. The molecule has 1 aliphatic heterocycles. The van der Waals surface area contributed by atoms with E-state index in [0.29, 0.717) is 23.3 Å². The molecule has 6 nitrogen and oxygen atoms in total. The largest absolute Gasteiger partial charge is 0.456 e. The second-order valence-corrected chi connectivity index (χ2v) is 8.80. The average molecular weight is 427 g/mol. The smallest absolute Gasteiger partial charge is 0.289 e. The molecule has 1 amide bonds. The van der Waals surface area contributed by atoms with Crippen LogP contribution in [0.2, 0.25) is 0 Å². The van der Waals surface area contributed by atoms with Gasteiger partial charge >= 0.3 is 0 Å². The van der Waals surface area contributed by atoms with E-state index in [2.05, 4.69) is 15.9 Å². The van der Waals surface area contributed by atoms with Crippen LogP contribution in [0, 0.1) is 13.8 Å². The Morgan fingerprint density at radius 2 is 1.76 bits per heavy atom. The molecule has 1 fully saturated rings. The molecule has 1 aliphatic rings. The van der Waals surface area contributed by atoms with Crippen molar-refractivity contribution in [3.8, 4) is 0 Å². The Balaban J connectivity index is 1.72. The van der Waals surface area contributed by atoms with Crippen LogP contribution in [0.4, 0.5) is 0 Å². The van der Waals surface area contributed by atoms with Gasteiger partial charge in [0.05, 0.1) is 4.90 Å². The van der Waals surface area contributed by atoms with Gasteiger partial charge in [-0.25, -0.2) is 8.42 Å². The van der Waals surface area contributed by atoms with Gasteiger partial charge in [-0.3, -0.25) is 4.79 Å². The van der Waals surface area contributed by atoms with E-state index in [-0.39, 0.29) is 29.7 Å². The highest BCUT2D eigenvalue weighted by Gasteiger charge is 2.32. The molecule has 8 heteroatoms. The lowest BCUT2D eigenvalue weighted by Gasteiger charge is -2.33. The fraction of sp³-hybridized carbons (Fsp3) is 0.353. The minimum Gasteiger partial charge on any atom is -0.456 e. The Morgan fingerprint density at radius 3 is 2.32 bits per heavy atom. The fourth-order valence-corrected chi connectivity index (χ4v) is 5.37. The summed E-state index contributed by atoms with van der Waals surface area (Å²) in [5.74, 6) is 0.755. The topological polar surface area (TPSA) is 70.8 Å². The molecule has 0 radical (unpaired) electrons. The number of carbonyl (C=O) groups excluding carboxylic acids is 1. The van der Waals surface area contributed by atoms with Gasteiger partial charge in [-0.05, 0) is 59.6 Å². The minimum atomic E-state index is -3.59. The van der Waals surface area contributed by atoms with Gasteiger partial charge in [-0.2, -0.15) is 4.31 Å². The van der Waals surface area contributed by atoms with Crippen LogP contribution in [0.25, 0.3) is 0 Å². The van der Waals surface area contributed by atoms with Gasteiger partial charge in [0.15, 0.2) is 5.76 Å². The second kappa shape index (κ2) is 6.93. The molecule has 0 aliphatic carbocycles. The van der Waals surface area contributed by atoms with E-state index in [1.54, 1.807) is 42.2 Å². The number of hydrogen-bond acceptors (Lipinski definition) is 4. The molecule has 0 unspecified atom stereocenters. The SMILES string of the molecule is Cc1ccc(S(=O)(=O)N2CCN(C(=O)c3ccc(C)o3)CC2)c(Br)c1. The number of hydrogen-bond donors (Lipinski definition) is 0. The summed E-state index contributed by atoms with van der Waals surface area (Å²) in [7, 11) is -3.59. The Kier molecular flexibility index (Phi) is 5.04. The minimum absolute atomic E-state index is 0.207. The van der Waals surface area contributed by atoms with Crippen LogP contribution in [0.15, 0.2) is 44.1 Å². The van der Waals surface area contributed by atoms with Crippen LogP contribution >= 0.6 is 15.9 Å². The molecule has 1 aromatic heterocycles. The van der Waals surface area contributed by atoms with E-state index in [1.807, 2.05) is 6.92 Å². The predicted octanol–water partition coefficient (Wildman–Crippen LogP) is 2.81. The monoisotopic (exact) mass is 426 g/mol. The van der Waals surface area contributed by atoms with Crippen LogP contribution in [-0.2, 0) is 10.0 Å². The maximum absolute atomic E-state index is 12.8. The van der Waals surface area contributed by atoms with Gasteiger partial charge in [-0.15, -0.1) is 0 Å². The average Bonchev–Trinajstić information content (AvgIpc) is 3.00. The van der Waals surface area contributed by atoms with Crippen LogP contribution in [-0.4, -0.2) is 49.7 Å². The number of amides is 1. The Hall–Kier alpha value is -1.64. The number of piperazine rings is 1. The lowest BCUT2D eigenvalue weighted by atomic mass is 10.2. The predicted molar refractivity (Wildman–Crippen MR) is 97.0 cm³/mol. The summed E-state index contributed by atoms with van der Waals surface area (Å²) >= 11 is 3.33. The third kappa shape index (κ3) is 3.65. The summed E-state index contributed by atoms with van der Waals surface area (Å²) in [5.41, 5.74) is 0.981. The number of nitrogens with zero attached hydrogens (tertiary/aromatic N) is 2. The molecule has 2 aromatic rings. The van der Waals surface area contributed by atoms with Crippen molar-refractivity contribution < 1.29 is 17.6 Å². The Labute approximate surface area is 155 Å².